The van der Waals surface area contributed by atoms with Crippen LogP contribution in [-0.4, -0.2) is 76.1 Å². The van der Waals surface area contributed by atoms with Gasteiger partial charge in [-0.15, -0.1) is 0 Å². The van der Waals surface area contributed by atoms with Gasteiger partial charge in [0.1, 0.15) is 0 Å². The van der Waals surface area contributed by atoms with Crippen LogP contribution in [0.5, 0.6) is 11.5 Å². The van der Waals surface area contributed by atoms with Gasteiger partial charge in [0.2, 0.25) is 0 Å². The molecule has 0 radical (unpaired) electrons. The summed E-state index contributed by atoms with van der Waals surface area (Å²) in [5.41, 5.74) is 1.40. The SMILES string of the molecule is CCOc1ccc(CCNC(=NC)NCC2(N3CCCC3)CCOCC2)cc1OCC. The lowest BCUT2D eigenvalue weighted by Crippen LogP contribution is -2.58. The van der Waals surface area contributed by atoms with E-state index in [1.807, 2.05) is 27.0 Å². The van der Waals surface area contributed by atoms with Crippen LogP contribution in [0, 0.1) is 0 Å². The molecule has 0 bridgehead atoms. The number of benzene rings is 1. The van der Waals surface area contributed by atoms with Crippen LogP contribution in [0.3, 0.4) is 0 Å². The van der Waals surface area contributed by atoms with E-state index in [0.717, 1.165) is 63.0 Å². The fourth-order valence-electron chi connectivity index (χ4n) is 4.59. The van der Waals surface area contributed by atoms with Crippen LogP contribution in [0.2, 0.25) is 0 Å². The second-order valence-electron chi connectivity index (χ2n) is 8.28. The van der Waals surface area contributed by atoms with E-state index >= 15 is 0 Å². The molecule has 0 atom stereocenters. The third-order valence-corrected chi connectivity index (χ3v) is 6.32. The zero-order valence-electron chi connectivity index (χ0n) is 19.5. The van der Waals surface area contributed by atoms with Gasteiger partial charge >= 0.3 is 0 Å². The molecule has 3 rings (SSSR count). The first kappa shape index (κ1) is 23.7. The molecule has 2 fully saturated rings. The van der Waals surface area contributed by atoms with Crippen LogP contribution >= 0.6 is 0 Å². The number of aliphatic imine (C=N–C) groups is 1. The van der Waals surface area contributed by atoms with Gasteiger partial charge in [-0.2, -0.15) is 0 Å². The normalized spacial score (nSPS) is 19.3. The summed E-state index contributed by atoms with van der Waals surface area (Å²) in [5, 5.41) is 7.07. The van der Waals surface area contributed by atoms with Crippen molar-refractivity contribution in [2.24, 2.45) is 4.99 Å². The molecule has 2 saturated heterocycles. The minimum atomic E-state index is 0.188. The smallest absolute Gasteiger partial charge is 0.191 e. The third kappa shape index (κ3) is 6.50. The van der Waals surface area contributed by atoms with Crippen molar-refractivity contribution in [2.75, 3.05) is 59.7 Å². The van der Waals surface area contributed by atoms with Crippen LogP contribution in [0.1, 0.15) is 45.1 Å². The van der Waals surface area contributed by atoms with Gasteiger partial charge in [0.25, 0.3) is 0 Å². The monoisotopic (exact) mass is 432 g/mol. The molecule has 0 saturated carbocycles. The first-order valence-electron chi connectivity index (χ1n) is 11.9. The minimum absolute atomic E-state index is 0.188. The molecule has 174 valence electrons. The Labute approximate surface area is 187 Å². The van der Waals surface area contributed by atoms with E-state index in [1.54, 1.807) is 0 Å². The Morgan fingerprint density at radius 1 is 1.06 bits per heavy atom. The largest absolute Gasteiger partial charge is 0.490 e. The molecule has 0 aliphatic carbocycles. The van der Waals surface area contributed by atoms with Crippen LogP contribution < -0.4 is 20.1 Å². The summed E-state index contributed by atoms with van der Waals surface area (Å²) >= 11 is 0. The Hall–Kier alpha value is -1.99. The van der Waals surface area contributed by atoms with Crippen molar-refractivity contribution in [3.05, 3.63) is 23.8 Å². The van der Waals surface area contributed by atoms with Crippen molar-refractivity contribution in [3.63, 3.8) is 0 Å². The van der Waals surface area contributed by atoms with E-state index in [1.165, 1.54) is 31.5 Å². The highest BCUT2D eigenvalue weighted by Gasteiger charge is 2.39. The number of nitrogens with zero attached hydrogens (tertiary/aromatic N) is 2. The zero-order valence-corrected chi connectivity index (χ0v) is 19.5. The summed E-state index contributed by atoms with van der Waals surface area (Å²) in [6, 6.07) is 6.19. The molecule has 1 aromatic carbocycles. The minimum Gasteiger partial charge on any atom is -0.490 e. The summed E-state index contributed by atoms with van der Waals surface area (Å²) in [6.45, 7) is 11.1. The van der Waals surface area contributed by atoms with Gasteiger partial charge in [-0.05, 0) is 76.7 Å². The standard InChI is InChI=1S/C24H40N4O3/c1-4-30-21-9-8-20(18-22(21)31-5-2)10-13-26-23(25-3)27-19-24(11-16-29-17-12-24)28-14-6-7-15-28/h8-9,18H,4-7,10-17,19H2,1-3H3,(H2,25,26,27). The quantitative estimate of drug-likeness (QED) is 0.438. The highest BCUT2D eigenvalue weighted by molar-refractivity contribution is 5.79. The van der Waals surface area contributed by atoms with E-state index in [-0.39, 0.29) is 5.54 Å². The highest BCUT2D eigenvalue weighted by atomic mass is 16.5. The summed E-state index contributed by atoms with van der Waals surface area (Å²) in [6.07, 6.45) is 5.67. The van der Waals surface area contributed by atoms with E-state index in [4.69, 9.17) is 14.2 Å². The number of hydrogen-bond acceptors (Lipinski definition) is 5. The number of hydrogen-bond donors (Lipinski definition) is 2. The molecule has 7 heteroatoms. The lowest BCUT2D eigenvalue weighted by atomic mass is 9.88. The molecule has 2 aliphatic rings. The van der Waals surface area contributed by atoms with Gasteiger partial charge in [-0.3, -0.25) is 9.89 Å². The predicted octanol–water partition coefficient (Wildman–Crippen LogP) is 2.84. The van der Waals surface area contributed by atoms with E-state index in [9.17, 15) is 0 Å². The highest BCUT2D eigenvalue weighted by Crippen LogP contribution is 2.31. The lowest BCUT2D eigenvalue weighted by molar-refractivity contribution is -0.0164. The lowest BCUT2D eigenvalue weighted by Gasteiger charge is -2.45. The van der Waals surface area contributed by atoms with Crippen LogP contribution in [-0.2, 0) is 11.2 Å². The summed E-state index contributed by atoms with van der Waals surface area (Å²) in [7, 11) is 1.84. The summed E-state index contributed by atoms with van der Waals surface area (Å²) < 4.78 is 17.1. The van der Waals surface area contributed by atoms with Crippen molar-refractivity contribution in [1.82, 2.24) is 15.5 Å². The van der Waals surface area contributed by atoms with Crippen LogP contribution in [0.15, 0.2) is 23.2 Å². The number of guanidine groups is 1. The molecule has 0 aromatic heterocycles. The fourth-order valence-corrected chi connectivity index (χ4v) is 4.59. The van der Waals surface area contributed by atoms with Crippen molar-refractivity contribution in [1.29, 1.82) is 0 Å². The summed E-state index contributed by atoms with van der Waals surface area (Å²) in [4.78, 5) is 7.12. The van der Waals surface area contributed by atoms with Crippen molar-refractivity contribution >= 4 is 5.96 Å². The van der Waals surface area contributed by atoms with E-state index in [2.05, 4.69) is 32.7 Å². The third-order valence-electron chi connectivity index (χ3n) is 6.32. The maximum Gasteiger partial charge on any atom is 0.191 e. The van der Waals surface area contributed by atoms with Gasteiger partial charge < -0.3 is 24.8 Å². The Morgan fingerprint density at radius 3 is 2.45 bits per heavy atom. The molecule has 2 heterocycles. The molecule has 31 heavy (non-hydrogen) atoms. The van der Waals surface area contributed by atoms with Crippen molar-refractivity contribution in [3.8, 4) is 11.5 Å². The van der Waals surface area contributed by atoms with Gasteiger partial charge in [-0.1, -0.05) is 6.07 Å². The number of nitrogens with one attached hydrogen (secondary N) is 2. The van der Waals surface area contributed by atoms with Gasteiger partial charge in [0.05, 0.1) is 13.2 Å². The van der Waals surface area contributed by atoms with Crippen LogP contribution in [0.25, 0.3) is 0 Å². The molecular weight excluding hydrogens is 392 g/mol. The molecule has 1 aromatic rings. The molecule has 0 amide bonds. The Kier molecular flexibility index (Phi) is 9.28. The average Bonchev–Trinajstić information content (AvgIpc) is 3.34. The maximum atomic E-state index is 5.75. The van der Waals surface area contributed by atoms with Gasteiger partial charge in [0.15, 0.2) is 17.5 Å². The topological polar surface area (TPSA) is 67.4 Å². The van der Waals surface area contributed by atoms with Crippen LogP contribution in [0.4, 0.5) is 0 Å². The van der Waals surface area contributed by atoms with E-state index < -0.39 is 0 Å². The Bertz CT molecular complexity index is 698. The van der Waals surface area contributed by atoms with Crippen molar-refractivity contribution in [2.45, 2.75) is 51.5 Å². The van der Waals surface area contributed by atoms with Gasteiger partial charge in [0, 0.05) is 38.9 Å². The predicted molar refractivity (Wildman–Crippen MR) is 125 cm³/mol. The Balaban J connectivity index is 1.51. The zero-order chi connectivity index (χ0) is 21.9. The van der Waals surface area contributed by atoms with E-state index in [0.29, 0.717) is 13.2 Å². The average molecular weight is 433 g/mol. The van der Waals surface area contributed by atoms with Crippen molar-refractivity contribution < 1.29 is 14.2 Å². The van der Waals surface area contributed by atoms with Gasteiger partial charge in [-0.25, -0.2) is 0 Å². The molecule has 2 aliphatic heterocycles. The second-order valence-corrected chi connectivity index (χ2v) is 8.28. The number of rotatable bonds is 10. The number of likely N-dealkylation sites (tertiary alicyclic amines) is 1. The molecule has 0 spiro atoms. The molecule has 2 N–H and O–H groups in total. The first-order chi connectivity index (χ1) is 15.2. The maximum absolute atomic E-state index is 5.75. The second kappa shape index (κ2) is 12.2. The number of ether oxygens (including phenoxy) is 3. The molecular formula is C24H40N4O3. The Morgan fingerprint density at radius 2 is 1.77 bits per heavy atom. The first-order valence-corrected chi connectivity index (χ1v) is 11.9. The molecule has 7 nitrogen and oxygen atoms in total. The molecule has 0 unspecified atom stereocenters. The summed E-state index contributed by atoms with van der Waals surface area (Å²) in [5.74, 6) is 2.49. The fraction of sp³-hybridized carbons (Fsp3) is 0.708.